The highest BCUT2D eigenvalue weighted by atomic mass is 15.0. The van der Waals surface area contributed by atoms with E-state index in [-0.39, 0.29) is 5.41 Å². The summed E-state index contributed by atoms with van der Waals surface area (Å²) in [6, 6.07) is 0. The molecule has 2 heterocycles. The molecule has 4 nitrogen and oxygen atoms in total. The monoisotopic (exact) mass is 202 g/mol. The third kappa shape index (κ3) is 1.79. The zero-order valence-electron chi connectivity index (χ0n) is 9.44. The molecule has 2 aromatic rings. The molecule has 0 N–H and O–H groups in total. The van der Waals surface area contributed by atoms with E-state index in [2.05, 4.69) is 40.7 Å². The van der Waals surface area contributed by atoms with Gasteiger partial charge in [-0.25, -0.2) is 19.9 Å². The minimum atomic E-state index is -0.0397. The van der Waals surface area contributed by atoms with Gasteiger partial charge in [-0.2, -0.15) is 0 Å². The summed E-state index contributed by atoms with van der Waals surface area (Å²) in [6.07, 6.45) is 3.33. The Morgan fingerprint density at radius 1 is 1.00 bits per heavy atom. The first-order chi connectivity index (χ1) is 6.98. The van der Waals surface area contributed by atoms with Gasteiger partial charge in [-0.3, -0.25) is 0 Å². The third-order valence-electron chi connectivity index (χ3n) is 2.15. The number of hydrogen-bond acceptors (Lipinski definition) is 4. The first-order valence-electron chi connectivity index (χ1n) is 4.94. The summed E-state index contributed by atoms with van der Waals surface area (Å²) in [5.74, 6) is 0.743. The second-order valence-corrected chi connectivity index (χ2v) is 4.60. The summed E-state index contributed by atoms with van der Waals surface area (Å²) < 4.78 is 0. The zero-order chi connectivity index (χ0) is 11.1. The van der Waals surface area contributed by atoms with Gasteiger partial charge in [0.15, 0.2) is 5.65 Å². The normalized spacial score (nSPS) is 12.0. The molecule has 0 spiro atoms. The summed E-state index contributed by atoms with van der Waals surface area (Å²) >= 11 is 0. The lowest BCUT2D eigenvalue weighted by atomic mass is 9.91. The molecular weight excluding hydrogens is 188 g/mol. The van der Waals surface area contributed by atoms with Gasteiger partial charge >= 0.3 is 0 Å². The van der Waals surface area contributed by atoms with Crippen molar-refractivity contribution in [1.29, 1.82) is 0 Å². The van der Waals surface area contributed by atoms with E-state index in [1.54, 1.807) is 12.4 Å². The molecule has 2 rings (SSSR count). The van der Waals surface area contributed by atoms with Crippen molar-refractivity contribution in [3.63, 3.8) is 0 Å². The van der Waals surface area contributed by atoms with E-state index in [9.17, 15) is 0 Å². The van der Waals surface area contributed by atoms with Gasteiger partial charge in [0.2, 0.25) is 0 Å². The Morgan fingerprint density at radius 2 is 1.67 bits per heavy atom. The number of aromatic nitrogens is 4. The maximum Gasteiger partial charge on any atom is 0.181 e. The highest BCUT2D eigenvalue weighted by Gasteiger charge is 2.20. The molecule has 0 aliphatic heterocycles. The molecule has 4 heteroatoms. The first kappa shape index (κ1) is 9.96. The lowest BCUT2D eigenvalue weighted by molar-refractivity contribution is 0.570. The molecule has 15 heavy (non-hydrogen) atoms. The predicted octanol–water partition coefficient (Wildman–Crippen LogP) is 2.03. The predicted molar refractivity (Wildman–Crippen MR) is 58.6 cm³/mol. The quantitative estimate of drug-likeness (QED) is 0.656. The molecule has 0 bridgehead atoms. The Morgan fingerprint density at radius 3 is 2.33 bits per heavy atom. The lowest BCUT2D eigenvalue weighted by Crippen LogP contribution is -2.16. The molecule has 0 fully saturated rings. The van der Waals surface area contributed by atoms with Crippen LogP contribution in [0.4, 0.5) is 0 Å². The van der Waals surface area contributed by atoms with Crippen LogP contribution in [-0.2, 0) is 5.41 Å². The highest BCUT2D eigenvalue weighted by molar-refractivity contribution is 5.72. The van der Waals surface area contributed by atoms with E-state index in [1.165, 1.54) is 0 Å². The number of rotatable bonds is 0. The van der Waals surface area contributed by atoms with Crippen LogP contribution in [0.15, 0.2) is 12.4 Å². The van der Waals surface area contributed by atoms with Crippen molar-refractivity contribution in [2.24, 2.45) is 0 Å². The second-order valence-electron chi connectivity index (χ2n) is 4.60. The van der Waals surface area contributed by atoms with Crippen LogP contribution in [-0.4, -0.2) is 19.9 Å². The maximum atomic E-state index is 4.46. The topological polar surface area (TPSA) is 51.6 Å². The third-order valence-corrected chi connectivity index (χ3v) is 2.15. The van der Waals surface area contributed by atoms with Crippen molar-refractivity contribution in [2.75, 3.05) is 0 Å². The van der Waals surface area contributed by atoms with Crippen LogP contribution in [0.2, 0.25) is 0 Å². The Balaban J connectivity index is 2.83. The first-order valence-corrected chi connectivity index (χ1v) is 4.94. The minimum Gasteiger partial charge on any atom is -0.249 e. The van der Waals surface area contributed by atoms with Crippen LogP contribution >= 0.6 is 0 Å². The van der Waals surface area contributed by atoms with Crippen LogP contribution in [0.1, 0.15) is 32.3 Å². The van der Waals surface area contributed by atoms with Crippen molar-refractivity contribution >= 4 is 11.2 Å². The molecule has 0 radical (unpaired) electrons. The van der Waals surface area contributed by atoms with E-state index in [1.807, 2.05) is 6.92 Å². The molecule has 0 aliphatic rings. The molecule has 78 valence electrons. The van der Waals surface area contributed by atoms with Crippen LogP contribution < -0.4 is 0 Å². The fourth-order valence-electron chi connectivity index (χ4n) is 1.50. The van der Waals surface area contributed by atoms with Crippen molar-refractivity contribution < 1.29 is 0 Å². The molecule has 0 unspecified atom stereocenters. The van der Waals surface area contributed by atoms with E-state index in [0.29, 0.717) is 5.65 Å². The smallest absolute Gasteiger partial charge is 0.181 e. The number of fused-ring (bicyclic) bond motifs is 1. The summed E-state index contributed by atoms with van der Waals surface area (Å²) in [7, 11) is 0. The molecular formula is C11H14N4. The molecule has 0 atom stereocenters. The van der Waals surface area contributed by atoms with E-state index in [4.69, 9.17) is 0 Å². The average Bonchev–Trinajstić information content (AvgIpc) is 2.15. The SMILES string of the molecule is Cc1nc(C(C)(C)C)c2nccnc2n1. The van der Waals surface area contributed by atoms with Gasteiger partial charge in [0.05, 0.1) is 5.69 Å². The van der Waals surface area contributed by atoms with Crippen LogP contribution in [0, 0.1) is 6.92 Å². The van der Waals surface area contributed by atoms with Crippen molar-refractivity contribution in [1.82, 2.24) is 19.9 Å². The van der Waals surface area contributed by atoms with Crippen LogP contribution in [0.5, 0.6) is 0 Å². The van der Waals surface area contributed by atoms with Gasteiger partial charge in [0.25, 0.3) is 0 Å². The van der Waals surface area contributed by atoms with Gasteiger partial charge in [0.1, 0.15) is 11.3 Å². The molecule has 0 saturated heterocycles. The van der Waals surface area contributed by atoms with Gasteiger partial charge in [-0.05, 0) is 6.92 Å². The molecule has 0 aromatic carbocycles. The second kappa shape index (κ2) is 3.22. The van der Waals surface area contributed by atoms with Gasteiger partial charge in [-0.1, -0.05) is 20.8 Å². The summed E-state index contributed by atoms with van der Waals surface area (Å²) in [5.41, 5.74) is 2.39. The maximum absolute atomic E-state index is 4.46. The van der Waals surface area contributed by atoms with Crippen LogP contribution in [0.25, 0.3) is 11.2 Å². The Labute approximate surface area is 88.8 Å². The highest BCUT2D eigenvalue weighted by Crippen LogP contribution is 2.24. The van der Waals surface area contributed by atoms with Gasteiger partial charge in [0, 0.05) is 17.8 Å². The number of aryl methyl sites for hydroxylation is 1. The number of nitrogens with zero attached hydrogens (tertiary/aromatic N) is 4. The zero-order valence-corrected chi connectivity index (χ0v) is 9.44. The van der Waals surface area contributed by atoms with E-state index < -0.39 is 0 Å². The van der Waals surface area contributed by atoms with E-state index in [0.717, 1.165) is 17.0 Å². The summed E-state index contributed by atoms with van der Waals surface area (Å²) in [6.45, 7) is 8.22. The fourth-order valence-corrected chi connectivity index (χ4v) is 1.50. The minimum absolute atomic E-state index is 0.0397. The largest absolute Gasteiger partial charge is 0.249 e. The van der Waals surface area contributed by atoms with Gasteiger partial charge < -0.3 is 0 Å². The number of hydrogen-bond donors (Lipinski definition) is 0. The Kier molecular flexibility index (Phi) is 2.14. The molecule has 0 saturated carbocycles. The van der Waals surface area contributed by atoms with Crippen molar-refractivity contribution in [2.45, 2.75) is 33.1 Å². The standard InChI is InChI=1S/C11H14N4/c1-7-14-9(11(2,3)4)8-10(15-7)13-6-5-12-8/h5-6H,1-4H3. The Bertz CT molecular complexity index is 499. The van der Waals surface area contributed by atoms with E-state index >= 15 is 0 Å². The lowest BCUT2D eigenvalue weighted by Gasteiger charge is -2.18. The van der Waals surface area contributed by atoms with Crippen molar-refractivity contribution in [3.05, 3.63) is 23.9 Å². The molecule has 0 aliphatic carbocycles. The molecule has 0 amide bonds. The van der Waals surface area contributed by atoms with Crippen molar-refractivity contribution in [3.8, 4) is 0 Å². The summed E-state index contributed by atoms with van der Waals surface area (Å²) in [4.78, 5) is 17.2. The molecule has 2 aromatic heterocycles. The van der Waals surface area contributed by atoms with Gasteiger partial charge in [-0.15, -0.1) is 0 Å². The average molecular weight is 202 g/mol. The summed E-state index contributed by atoms with van der Waals surface area (Å²) in [5, 5.41) is 0. The Hall–Kier alpha value is -1.58. The fraction of sp³-hybridized carbons (Fsp3) is 0.455. The van der Waals surface area contributed by atoms with Crippen LogP contribution in [0.3, 0.4) is 0 Å².